The molecular weight excluding hydrogens is 641 g/mol. The van der Waals surface area contributed by atoms with Crippen LogP contribution >= 0.6 is 0 Å². The van der Waals surface area contributed by atoms with Crippen molar-refractivity contribution in [3.63, 3.8) is 0 Å². The minimum atomic E-state index is 0.556. The first kappa shape index (κ1) is 28.6. The van der Waals surface area contributed by atoms with Gasteiger partial charge in [0.1, 0.15) is 16.7 Å². The van der Waals surface area contributed by atoms with Crippen LogP contribution in [0.4, 0.5) is 0 Å². The zero-order chi connectivity index (χ0) is 34.2. The van der Waals surface area contributed by atoms with Gasteiger partial charge in [-0.15, -0.1) is 0 Å². The molecule has 0 unspecified atom stereocenters. The van der Waals surface area contributed by atoms with Crippen LogP contribution in [0.1, 0.15) is 0 Å². The maximum atomic E-state index is 6.53. The number of benzene rings is 8. The highest BCUT2D eigenvalue weighted by Crippen LogP contribution is 2.40. The molecule has 0 spiro atoms. The summed E-state index contributed by atoms with van der Waals surface area (Å²) in [4.78, 5) is 20.0. The summed E-state index contributed by atoms with van der Waals surface area (Å²) in [5.74, 6) is 2.35. The molecule has 3 aromatic heterocycles. The molecule has 0 fully saturated rings. The van der Waals surface area contributed by atoms with E-state index in [1.807, 2.05) is 97.1 Å². The summed E-state index contributed by atoms with van der Waals surface area (Å²) < 4.78 is 12.9. The normalized spacial score (nSPS) is 11.8. The molecule has 0 bridgehead atoms. The van der Waals surface area contributed by atoms with E-state index in [1.165, 1.54) is 0 Å². The van der Waals surface area contributed by atoms with Crippen molar-refractivity contribution in [1.29, 1.82) is 0 Å². The van der Waals surface area contributed by atoms with Gasteiger partial charge in [-0.2, -0.15) is 0 Å². The van der Waals surface area contributed by atoms with Crippen LogP contribution in [0.5, 0.6) is 0 Å². The highest BCUT2D eigenvalue weighted by Gasteiger charge is 2.19. The lowest BCUT2D eigenvalue weighted by Crippen LogP contribution is -2.00. The molecule has 3 heterocycles. The smallest absolute Gasteiger partial charge is 0.227 e. The Hall–Kier alpha value is -7.18. The number of hydrogen-bond donors (Lipinski definition) is 0. The maximum absolute atomic E-state index is 6.53. The van der Waals surface area contributed by atoms with E-state index < -0.39 is 0 Å². The Labute approximate surface area is 296 Å². The lowest BCUT2D eigenvalue weighted by Gasteiger charge is -2.11. The molecule has 8 aromatic carbocycles. The van der Waals surface area contributed by atoms with Crippen molar-refractivity contribution in [2.45, 2.75) is 0 Å². The molecule has 52 heavy (non-hydrogen) atoms. The number of nitrogens with zero attached hydrogens (tertiary/aromatic N) is 4. The third kappa shape index (κ3) is 4.44. The Kier molecular flexibility index (Phi) is 6.15. The van der Waals surface area contributed by atoms with Crippen molar-refractivity contribution in [3.05, 3.63) is 158 Å². The van der Waals surface area contributed by atoms with Gasteiger partial charge in [-0.05, 0) is 57.9 Å². The van der Waals surface area contributed by atoms with E-state index in [9.17, 15) is 0 Å². The lowest BCUT2D eigenvalue weighted by atomic mass is 9.95. The number of para-hydroxylation sites is 2. The first-order valence-electron chi connectivity index (χ1n) is 17.2. The molecule has 242 valence electrons. The van der Waals surface area contributed by atoms with Crippen LogP contribution in [0, 0.1) is 0 Å². The fourth-order valence-electron chi connectivity index (χ4n) is 7.46. The first-order chi connectivity index (χ1) is 25.7. The van der Waals surface area contributed by atoms with Gasteiger partial charge in [0, 0.05) is 38.2 Å². The van der Waals surface area contributed by atoms with Crippen molar-refractivity contribution in [2.24, 2.45) is 0 Å². The van der Waals surface area contributed by atoms with E-state index in [4.69, 9.17) is 28.8 Å². The zero-order valence-corrected chi connectivity index (χ0v) is 27.6. The van der Waals surface area contributed by atoms with Gasteiger partial charge in [0.25, 0.3) is 0 Å². The maximum Gasteiger partial charge on any atom is 0.227 e. The Balaban J connectivity index is 1.12. The molecule has 6 heteroatoms. The number of hydrogen-bond acceptors (Lipinski definition) is 6. The summed E-state index contributed by atoms with van der Waals surface area (Å²) in [7, 11) is 0. The first-order valence-corrected chi connectivity index (χ1v) is 17.2. The van der Waals surface area contributed by atoms with Gasteiger partial charge < -0.3 is 8.83 Å². The minimum Gasteiger partial charge on any atom is -0.455 e. The zero-order valence-electron chi connectivity index (χ0n) is 27.6. The molecule has 0 amide bonds. The second kappa shape index (κ2) is 11.2. The molecule has 0 atom stereocenters. The summed E-state index contributed by atoms with van der Waals surface area (Å²) in [5, 5.41) is 8.67. The van der Waals surface area contributed by atoms with Crippen LogP contribution in [0.2, 0.25) is 0 Å². The number of oxazole rings is 1. The van der Waals surface area contributed by atoms with Crippen molar-refractivity contribution in [1.82, 2.24) is 19.9 Å². The third-order valence-electron chi connectivity index (χ3n) is 9.93. The Morgan fingerprint density at radius 2 is 1.02 bits per heavy atom. The van der Waals surface area contributed by atoms with Crippen LogP contribution in [-0.2, 0) is 0 Å². The quantitative estimate of drug-likeness (QED) is 0.174. The lowest BCUT2D eigenvalue weighted by molar-refractivity contribution is 0.623. The summed E-state index contributed by atoms with van der Waals surface area (Å²) in [6.07, 6.45) is 0. The average molecular weight is 667 g/mol. The van der Waals surface area contributed by atoms with E-state index in [1.54, 1.807) is 0 Å². The second-order valence-corrected chi connectivity index (χ2v) is 13.0. The summed E-state index contributed by atoms with van der Waals surface area (Å²) >= 11 is 0. The number of aromatic nitrogens is 4. The van der Waals surface area contributed by atoms with Gasteiger partial charge in [0.2, 0.25) is 5.89 Å². The third-order valence-corrected chi connectivity index (χ3v) is 9.93. The predicted octanol–water partition coefficient (Wildman–Crippen LogP) is 12.0. The average Bonchev–Trinajstić information content (AvgIpc) is 3.83. The summed E-state index contributed by atoms with van der Waals surface area (Å²) in [6.45, 7) is 0. The molecule has 11 rings (SSSR count). The van der Waals surface area contributed by atoms with Gasteiger partial charge in [0.15, 0.2) is 23.1 Å². The minimum absolute atomic E-state index is 0.556. The van der Waals surface area contributed by atoms with E-state index in [0.717, 1.165) is 87.6 Å². The monoisotopic (exact) mass is 666 g/mol. The van der Waals surface area contributed by atoms with E-state index in [2.05, 4.69) is 60.7 Å². The van der Waals surface area contributed by atoms with Gasteiger partial charge in [-0.25, -0.2) is 19.9 Å². The summed E-state index contributed by atoms with van der Waals surface area (Å²) in [6, 6.07) is 53.6. The van der Waals surface area contributed by atoms with E-state index in [0.29, 0.717) is 23.4 Å². The Morgan fingerprint density at radius 3 is 1.85 bits per heavy atom. The number of rotatable bonds is 4. The van der Waals surface area contributed by atoms with Gasteiger partial charge in [-0.3, -0.25) is 0 Å². The van der Waals surface area contributed by atoms with Gasteiger partial charge in [0.05, 0.1) is 5.56 Å². The van der Waals surface area contributed by atoms with Crippen LogP contribution in [0.25, 0.3) is 111 Å². The predicted molar refractivity (Wildman–Crippen MR) is 209 cm³/mol. The summed E-state index contributed by atoms with van der Waals surface area (Å²) in [5.41, 5.74) is 6.77. The second-order valence-electron chi connectivity index (χ2n) is 13.0. The molecule has 6 nitrogen and oxygen atoms in total. The standard InChI is InChI=1S/C46H26N4O2/c1-3-10-29(11-4-1)43-48-44(50-45(49-43)36-16-9-15-35-34-14-7-8-17-38(34)51-41(35)36)32-22-24-33-31(26-32)21-20-27-18-19-28-23-25-37-42(40(28)39(27)33)52-46(47-37)30-12-5-2-6-13-30/h1-26H. The highest BCUT2D eigenvalue weighted by atomic mass is 16.3. The number of fused-ring (bicyclic) bond motifs is 10. The molecule has 0 saturated heterocycles. The van der Waals surface area contributed by atoms with E-state index >= 15 is 0 Å². The van der Waals surface area contributed by atoms with Crippen molar-refractivity contribution < 1.29 is 8.83 Å². The fraction of sp³-hybridized carbons (Fsp3) is 0. The Morgan fingerprint density at radius 1 is 0.365 bits per heavy atom. The van der Waals surface area contributed by atoms with Gasteiger partial charge in [-0.1, -0.05) is 121 Å². The van der Waals surface area contributed by atoms with Crippen LogP contribution < -0.4 is 0 Å². The molecular formula is C46H26N4O2. The van der Waals surface area contributed by atoms with Gasteiger partial charge >= 0.3 is 0 Å². The SMILES string of the molecule is c1ccc(-c2nc(-c3ccc4c(ccc5ccc6ccc7nc(-c8ccccc8)oc7c6c54)c3)nc(-c3cccc4c3oc3ccccc34)n2)cc1. The Bertz CT molecular complexity index is 3180. The van der Waals surface area contributed by atoms with Crippen LogP contribution in [0.3, 0.4) is 0 Å². The number of furan rings is 1. The van der Waals surface area contributed by atoms with Crippen LogP contribution in [-0.4, -0.2) is 19.9 Å². The highest BCUT2D eigenvalue weighted by molar-refractivity contribution is 6.26. The van der Waals surface area contributed by atoms with Crippen molar-refractivity contribution in [3.8, 4) is 45.6 Å². The topological polar surface area (TPSA) is 77.8 Å². The van der Waals surface area contributed by atoms with E-state index in [-0.39, 0.29) is 0 Å². The molecule has 0 aliphatic heterocycles. The molecule has 0 N–H and O–H groups in total. The van der Waals surface area contributed by atoms with Crippen LogP contribution in [0.15, 0.2) is 167 Å². The largest absolute Gasteiger partial charge is 0.455 e. The molecule has 0 saturated carbocycles. The van der Waals surface area contributed by atoms with Crippen molar-refractivity contribution >= 4 is 65.4 Å². The molecule has 0 aliphatic carbocycles. The fourth-order valence-corrected chi connectivity index (χ4v) is 7.46. The van der Waals surface area contributed by atoms with Crippen molar-refractivity contribution in [2.75, 3.05) is 0 Å². The molecule has 0 radical (unpaired) electrons. The molecule has 11 aromatic rings. The molecule has 0 aliphatic rings.